The van der Waals surface area contributed by atoms with Crippen LogP contribution in [0.25, 0.3) is 0 Å². The zero-order valence-electron chi connectivity index (χ0n) is 20.3. The number of carbonyl (C=O) groups is 3. The number of ether oxygens (including phenoxy) is 2. The smallest absolute Gasteiger partial charge is 0.287 e. The fraction of sp³-hybridized carbons (Fsp3) is 0.179. The van der Waals surface area contributed by atoms with Crippen LogP contribution >= 0.6 is 0 Å². The van der Waals surface area contributed by atoms with E-state index in [-0.39, 0.29) is 32.2 Å². The number of hydrogen-bond donors (Lipinski definition) is 2. The van der Waals surface area contributed by atoms with Crippen LogP contribution in [-0.4, -0.2) is 36.0 Å². The summed E-state index contributed by atoms with van der Waals surface area (Å²) in [4.78, 5) is 41.1. The van der Waals surface area contributed by atoms with Gasteiger partial charge in [-0.05, 0) is 47.5 Å². The number of rotatable bonds is 10. The minimum atomic E-state index is -0.996. The van der Waals surface area contributed by atoms with Gasteiger partial charge in [0.15, 0.2) is 17.3 Å². The van der Waals surface area contributed by atoms with Crippen molar-refractivity contribution in [1.82, 2.24) is 15.5 Å². The molecular weight excluding hydrogens is 490 g/mol. The fourth-order valence-electron chi connectivity index (χ4n) is 4.10. The highest BCUT2D eigenvalue weighted by atomic mass is 16.7. The quantitative estimate of drug-likeness (QED) is 0.332. The molecule has 0 aliphatic carbocycles. The summed E-state index contributed by atoms with van der Waals surface area (Å²) in [5.41, 5.74) is 1.33. The molecule has 2 aromatic heterocycles. The lowest BCUT2D eigenvalue weighted by Gasteiger charge is -2.31. The van der Waals surface area contributed by atoms with E-state index in [1.54, 1.807) is 60.7 Å². The van der Waals surface area contributed by atoms with Gasteiger partial charge in [0.1, 0.15) is 11.8 Å². The molecule has 5 rings (SSSR count). The van der Waals surface area contributed by atoms with Crippen molar-refractivity contribution in [2.45, 2.75) is 19.1 Å². The van der Waals surface area contributed by atoms with Crippen molar-refractivity contribution in [3.05, 3.63) is 108 Å². The Morgan fingerprint density at radius 3 is 2.39 bits per heavy atom. The number of hydrogen-bond acceptors (Lipinski definition) is 7. The molecule has 2 aromatic carbocycles. The van der Waals surface area contributed by atoms with Crippen molar-refractivity contribution in [2.75, 3.05) is 13.3 Å². The van der Waals surface area contributed by atoms with E-state index < -0.39 is 23.8 Å². The van der Waals surface area contributed by atoms with Gasteiger partial charge in [-0.3, -0.25) is 14.4 Å². The van der Waals surface area contributed by atoms with Crippen molar-refractivity contribution in [3.63, 3.8) is 0 Å². The lowest BCUT2D eigenvalue weighted by Crippen LogP contribution is -2.46. The van der Waals surface area contributed by atoms with Gasteiger partial charge in [0.25, 0.3) is 5.91 Å². The predicted octanol–water partition coefficient (Wildman–Crippen LogP) is 3.42. The van der Waals surface area contributed by atoms with Crippen molar-refractivity contribution in [2.24, 2.45) is 0 Å². The monoisotopic (exact) mass is 515 g/mol. The second kappa shape index (κ2) is 11.4. The highest BCUT2D eigenvalue weighted by molar-refractivity contribution is 5.95. The largest absolute Gasteiger partial charge is 0.467 e. The molecule has 4 aromatic rings. The highest BCUT2D eigenvalue weighted by Gasteiger charge is 2.32. The van der Waals surface area contributed by atoms with Crippen molar-refractivity contribution in [1.29, 1.82) is 0 Å². The van der Waals surface area contributed by atoms with Gasteiger partial charge in [-0.2, -0.15) is 0 Å². The van der Waals surface area contributed by atoms with Gasteiger partial charge in [-0.1, -0.05) is 36.4 Å². The van der Waals surface area contributed by atoms with Gasteiger partial charge in [-0.25, -0.2) is 0 Å². The molecule has 38 heavy (non-hydrogen) atoms. The first-order valence-corrected chi connectivity index (χ1v) is 11.9. The summed E-state index contributed by atoms with van der Waals surface area (Å²) in [7, 11) is 0. The Kier molecular flexibility index (Phi) is 7.39. The second-order valence-corrected chi connectivity index (χ2v) is 8.48. The molecular formula is C28H25N3O7. The van der Waals surface area contributed by atoms with Crippen LogP contribution in [0.2, 0.25) is 0 Å². The standard InChI is InChI=1S/C28H25N3O7/c32-25(16-30-27(33)23-9-5-13-36-23)31(17-19-10-11-22-24(14-19)38-18-37-22)26(20-6-2-1-3-7-20)28(34)29-15-21-8-4-12-35-21/h1-14,26H,15-18H2,(H,29,34)(H,30,33). The van der Waals surface area contributed by atoms with Crippen LogP contribution in [0.1, 0.15) is 33.5 Å². The van der Waals surface area contributed by atoms with Crippen molar-refractivity contribution < 1.29 is 32.7 Å². The van der Waals surface area contributed by atoms with E-state index in [4.69, 9.17) is 18.3 Å². The summed E-state index contributed by atoms with van der Waals surface area (Å²) >= 11 is 0. The predicted molar refractivity (Wildman–Crippen MR) is 134 cm³/mol. The first-order chi connectivity index (χ1) is 18.6. The Bertz CT molecular complexity index is 1390. The van der Waals surface area contributed by atoms with E-state index in [0.717, 1.165) is 5.56 Å². The summed E-state index contributed by atoms with van der Waals surface area (Å²) in [6, 6.07) is 19.9. The van der Waals surface area contributed by atoms with Gasteiger partial charge in [0.05, 0.1) is 25.6 Å². The summed E-state index contributed by atoms with van der Waals surface area (Å²) in [5, 5.41) is 5.44. The average Bonchev–Trinajstić information content (AvgIpc) is 3.73. The van der Waals surface area contributed by atoms with Gasteiger partial charge < -0.3 is 33.8 Å². The Morgan fingerprint density at radius 2 is 1.63 bits per heavy atom. The Hall–Kier alpha value is -4.99. The molecule has 0 spiro atoms. The normalized spacial score (nSPS) is 12.5. The summed E-state index contributed by atoms with van der Waals surface area (Å²) in [5.74, 6) is 0.404. The van der Waals surface area contributed by atoms with Crippen LogP contribution in [0, 0.1) is 0 Å². The minimum Gasteiger partial charge on any atom is -0.467 e. The van der Waals surface area contributed by atoms with Crippen LogP contribution in [-0.2, 0) is 22.7 Å². The maximum absolute atomic E-state index is 13.6. The Morgan fingerprint density at radius 1 is 0.842 bits per heavy atom. The molecule has 1 aliphatic rings. The number of nitrogens with one attached hydrogen (secondary N) is 2. The van der Waals surface area contributed by atoms with Crippen LogP contribution < -0.4 is 20.1 Å². The first kappa shape index (κ1) is 24.7. The van der Waals surface area contributed by atoms with Gasteiger partial charge in [0, 0.05) is 6.54 Å². The topological polar surface area (TPSA) is 123 Å². The van der Waals surface area contributed by atoms with Gasteiger partial charge in [-0.15, -0.1) is 0 Å². The highest BCUT2D eigenvalue weighted by Crippen LogP contribution is 2.34. The number of carbonyl (C=O) groups excluding carboxylic acids is 3. The molecule has 10 heteroatoms. The van der Waals surface area contributed by atoms with Crippen LogP contribution in [0.5, 0.6) is 11.5 Å². The van der Waals surface area contributed by atoms with Crippen LogP contribution in [0.4, 0.5) is 0 Å². The molecule has 3 heterocycles. The van der Waals surface area contributed by atoms with Crippen molar-refractivity contribution in [3.8, 4) is 11.5 Å². The van der Waals surface area contributed by atoms with E-state index in [2.05, 4.69) is 10.6 Å². The fourth-order valence-corrected chi connectivity index (χ4v) is 4.10. The number of furan rings is 2. The lowest BCUT2D eigenvalue weighted by molar-refractivity contribution is -0.141. The molecule has 10 nitrogen and oxygen atoms in total. The molecule has 0 saturated carbocycles. The maximum atomic E-state index is 13.6. The van der Waals surface area contributed by atoms with Crippen LogP contribution in [0.15, 0.2) is 94.2 Å². The minimum absolute atomic E-state index is 0.0693. The lowest BCUT2D eigenvalue weighted by atomic mass is 10.0. The van der Waals surface area contributed by atoms with Crippen molar-refractivity contribution >= 4 is 17.7 Å². The third-order valence-electron chi connectivity index (χ3n) is 5.95. The van der Waals surface area contributed by atoms with E-state index >= 15 is 0 Å². The molecule has 2 N–H and O–H groups in total. The molecule has 1 unspecified atom stereocenters. The Labute approximate surface area is 218 Å². The molecule has 0 saturated heterocycles. The van der Waals surface area contributed by atoms with E-state index in [0.29, 0.717) is 22.8 Å². The zero-order valence-corrected chi connectivity index (χ0v) is 20.3. The SMILES string of the molecule is O=C(NCC(=O)N(Cc1ccc2c(c1)OCO2)C(C(=O)NCc1ccco1)c1ccccc1)c1ccco1. The van der Waals surface area contributed by atoms with Gasteiger partial charge in [0.2, 0.25) is 18.6 Å². The summed E-state index contributed by atoms with van der Waals surface area (Å²) in [6.07, 6.45) is 2.89. The van der Waals surface area contributed by atoms with E-state index in [1.807, 2.05) is 6.07 Å². The maximum Gasteiger partial charge on any atom is 0.287 e. The second-order valence-electron chi connectivity index (χ2n) is 8.48. The third-order valence-corrected chi connectivity index (χ3v) is 5.95. The Balaban J connectivity index is 1.43. The summed E-state index contributed by atoms with van der Waals surface area (Å²) < 4.78 is 21.3. The first-order valence-electron chi connectivity index (χ1n) is 11.9. The third kappa shape index (κ3) is 5.70. The van der Waals surface area contributed by atoms with E-state index in [1.165, 1.54) is 23.5 Å². The molecule has 0 fully saturated rings. The molecule has 0 bridgehead atoms. The van der Waals surface area contributed by atoms with Gasteiger partial charge >= 0.3 is 0 Å². The number of fused-ring (bicyclic) bond motifs is 1. The molecule has 1 aliphatic heterocycles. The molecule has 3 amide bonds. The molecule has 194 valence electrons. The van der Waals surface area contributed by atoms with Crippen LogP contribution in [0.3, 0.4) is 0 Å². The summed E-state index contributed by atoms with van der Waals surface area (Å²) in [6.45, 7) is -0.0166. The molecule has 1 atom stereocenters. The average molecular weight is 516 g/mol. The number of nitrogens with zero attached hydrogens (tertiary/aromatic N) is 1. The molecule has 0 radical (unpaired) electrons. The zero-order chi connectivity index (χ0) is 26.3. The number of benzene rings is 2. The number of amides is 3. The van der Waals surface area contributed by atoms with E-state index in [9.17, 15) is 14.4 Å².